The Bertz CT molecular complexity index is 656. The predicted molar refractivity (Wildman–Crippen MR) is 113 cm³/mol. The summed E-state index contributed by atoms with van der Waals surface area (Å²) in [4.78, 5) is 23.1. The summed E-state index contributed by atoms with van der Waals surface area (Å²) in [5.74, 6) is 1.70. The van der Waals surface area contributed by atoms with Crippen molar-refractivity contribution in [3.05, 3.63) is 49.3 Å². The fourth-order valence-corrected chi connectivity index (χ4v) is 3.30. The molecule has 158 valence electrons. The third-order valence-corrected chi connectivity index (χ3v) is 5.16. The first-order valence-corrected chi connectivity index (χ1v) is 10.5. The number of hydrogen-bond acceptors (Lipinski definition) is 5. The zero-order valence-corrected chi connectivity index (χ0v) is 17.1. The number of allylic oxidation sites excluding steroid dienone is 1. The largest absolute Gasteiger partial charge is 0.494 e. The maximum atomic E-state index is 12.3. The molecule has 1 aliphatic rings. The van der Waals surface area contributed by atoms with Gasteiger partial charge in [0.2, 0.25) is 0 Å². The molecule has 1 saturated carbocycles. The lowest BCUT2D eigenvalue weighted by Crippen LogP contribution is -2.26. The van der Waals surface area contributed by atoms with Crippen LogP contribution in [-0.4, -0.2) is 25.5 Å². The number of unbranched alkanes of at least 4 members (excludes halogenated alkanes) is 3. The van der Waals surface area contributed by atoms with E-state index in [9.17, 15) is 9.59 Å². The van der Waals surface area contributed by atoms with Gasteiger partial charge in [0, 0.05) is 5.92 Å². The topological polar surface area (TPSA) is 61.8 Å². The Hall–Kier alpha value is -2.56. The van der Waals surface area contributed by atoms with Crippen molar-refractivity contribution in [1.29, 1.82) is 0 Å². The summed E-state index contributed by atoms with van der Waals surface area (Å²) in [5, 5.41) is 0. The number of aldehydes is 1. The monoisotopic (exact) mass is 400 g/mol. The molecule has 1 aromatic carbocycles. The highest BCUT2D eigenvalue weighted by molar-refractivity contribution is 5.75. The molecule has 2 rings (SSSR count). The van der Waals surface area contributed by atoms with Gasteiger partial charge in [0.1, 0.15) is 23.5 Å². The quantitative estimate of drug-likeness (QED) is 0.113. The third-order valence-electron chi connectivity index (χ3n) is 5.16. The van der Waals surface area contributed by atoms with Crippen LogP contribution in [0.3, 0.4) is 0 Å². The Kier molecular flexibility index (Phi) is 10.0. The number of ether oxygens (including phenoxy) is 3. The molecule has 0 saturated heterocycles. The Morgan fingerprint density at radius 2 is 1.59 bits per heavy atom. The molecule has 0 radical (unpaired) electrons. The van der Waals surface area contributed by atoms with Gasteiger partial charge < -0.3 is 19.0 Å². The van der Waals surface area contributed by atoms with Crippen LogP contribution in [0.5, 0.6) is 11.5 Å². The van der Waals surface area contributed by atoms with Gasteiger partial charge in [0.05, 0.1) is 19.1 Å². The lowest BCUT2D eigenvalue weighted by atomic mass is 9.83. The van der Waals surface area contributed by atoms with Gasteiger partial charge in [-0.2, -0.15) is 0 Å². The van der Waals surface area contributed by atoms with E-state index in [0.29, 0.717) is 24.7 Å². The zero-order valence-electron chi connectivity index (χ0n) is 17.1. The fraction of sp³-hybridized carbons (Fsp3) is 0.500. The maximum absolute atomic E-state index is 12.3. The van der Waals surface area contributed by atoms with Gasteiger partial charge in [0.25, 0.3) is 0 Å². The van der Waals surface area contributed by atoms with Crippen LogP contribution in [-0.2, 0) is 14.3 Å². The van der Waals surface area contributed by atoms with Gasteiger partial charge in [-0.15, -0.1) is 0 Å². The lowest BCUT2D eigenvalue weighted by Gasteiger charge is -2.23. The Morgan fingerprint density at radius 3 is 2.21 bits per heavy atom. The summed E-state index contributed by atoms with van der Waals surface area (Å²) < 4.78 is 16.6. The third kappa shape index (κ3) is 8.55. The molecule has 1 fully saturated rings. The van der Waals surface area contributed by atoms with Crippen LogP contribution in [0.15, 0.2) is 49.3 Å². The second-order valence-corrected chi connectivity index (χ2v) is 7.42. The SMILES string of the molecule is C=CC(=C)OCCCCCCOc1ccc(OC(=O)C2CCC(C=O)CC2)cc1. The van der Waals surface area contributed by atoms with Gasteiger partial charge in [-0.05, 0) is 81.7 Å². The molecular weight excluding hydrogens is 368 g/mol. The van der Waals surface area contributed by atoms with Crippen LogP contribution in [0.1, 0.15) is 51.4 Å². The number of benzene rings is 1. The van der Waals surface area contributed by atoms with Crippen LogP contribution < -0.4 is 9.47 Å². The molecule has 5 heteroatoms. The van der Waals surface area contributed by atoms with Gasteiger partial charge in [-0.1, -0.05) is 13.2 Å². The van der Waals surface area contributed by atoms with E-state index in [2.05, 4.69) is 13.2 Å². The molecule has 0 aliphatic heterocycles. The molecule has 0 bridgehead atoms. The molecule has 29 heavy (non-hydrogen) atoms. The van der Waals surface area contributed by atoms with Crippen LogP contribution in [0, 0.1) is 11.8 Å². The summed E-state index contributed by atoms with van der Waals surface area (Å²) in [6, 6.07) is 7.16. The molecule has 5 nitrogen and oxygen atoms in total. The number of carbonyl (C=O) groups is 2. The van der Waals surface area contributed by atoms with Crippen molar-refractivity contribution >= 4 is 12.3 Å². The molecule has 0 N–H and O–H groups in total. The zero-order chi connectivity index (χ0) is 20.9. The van der Waals surface area contributed by atoms with Crippen LogP contribution in [0.25, 0.3) is 0 Å². The van der Waals surface area contributed by atoms with Gasteiger partial charge in [-0.3, -0.25) is 4.79 Å². The normalized spacial score (nSPS) is 18.5. The first kappa shape index (κ1) is 22.7. The molecule has 1 aromatic rings. The van der Waals surface area contributed by atoms with E-state index in [-0.39, 0.29) is 17.8 Å². The Morgan fingerprint density at radius 1 is 0.966 bits per heavy atom. The van der Waals surface area contributed by atoms with E-state index in [4.69, 9.17) is 14.2 Å². The van der Waals surface area contributed by atoms with Crippen molar-refractivity contribution in [3.8, 4) is 11.5 Å². The van der Waals surface area contributed by atoms with E-state index in [1.165, 1.54) is 0 Å². The minimum absolute atomic E-state index is 0.0982. The maximum Gasteiger partial charge on any atom is 0.314 e. The highest BCUT2D eigenvalue weighted by Gasteiger charge is 2.27. The molecule has 1 aliphatic carbocycles. The molecular formula is C24H32O5. The molecule has 0 amide bonds. The highest BCUT2D eigenvalue weighted by atomic mass is 16.5. The predicted octanol–water partition coefficient (Wildman–Crippen LogP) is 5.25. The highest BCUT2D eigenvalue weighted by Crippen LogP contribution is 2.29. The molecule has 0 atom stereocenters. The summed E-state index contributed by atoms with van der Waals surface area (Å²) in [5.41, 5.74) is 0. The first-order valence-electron chi connectivity index (χ1n) is 10.5. The van der Waals surface area contributed by atoms with E-state index in [1.54, 1.807) is 18.2 Å². The summed E-state index contributed by atoms with van der Waals surface area (Å²) >= 11 is 0. The Balaban J connectivity index is 1.58. The summed E-state index contributed by atoms with van der Waals surface area (Å²) in [6.45, 7) is 8.63. The van der Waals surface area contributed by atoms with Crippen LogP contribution >= 0.6 is 0 Å². The van der Waals surface area contributed by atoms with Crippen molar-refractivity contribution < 1.29 is 23.8 Å². The molecule has 0 aromatic heterocycles. The van der Waals surface area contributed by atoms with Crippen LogP contribution in [0.4, 0.5) is 0 Å². The van der Waals surface area contributed by atoms with E-state index < -0.39 is 0 Å². The molecule has 0 spiro atoms. The average Bonchev–Trinajstić information content (AvgIpc) is 2.76. The standard InChI is InChI=1S/C24H32O5/c1-3-19(2)27-16-6-4-5-7-17-28-22-12-14-23(15-13-22)29-24(26)21-10-8-20(18-25)9-11-21/h3,12-15,18,20-21H,1-2,4-11,16-17H2. The van der Waals surface area contributed by atoms with Crippen molar-refractivity contribution in [2.24, 2.45) is 11.8 Å². The number of rotatable bonds is 13. The van der Waals surface area contributed by atoms with Crippen molar-refractivity contribution in [1.82, 2.24) is 0 Å². The smallest absolute Gasteiger partial charge is 0.314 e. The van der Waals surface area contributed by atoms with Crippen molar-refractivity contribution in [3.63, 3.8) is 0 Å². The Labute approximate surface area is 173 Å². The van der Waals surface area contributed by atoms with Gasteiger partial charge in [-0.25, -0.2) is 0 Å². The second kappa shape index (κ2) is 12.8. The van der Waals surface area contributed by atoms with Crippen LogP contribution in [0.2, 0.25) is 0 Å². The lowest BCUT2D eigenvalue weighted by molar-refractivity contribution is -0.140. The summed E-state index contributed by atoms with van der Waals surface area (Å²) in [7, 11) is 0. The average molecular weight is 401 g/mol. The number of carbonyl (C=O) groups excluding carboxylic acids is 2. The first-order chi connectivity index (χ1) is 14.1. The van der Waals surface area contributed by atoms with E-state index >= 15 is 0 Å². The fourth-order valence-electron chi connectivity index (χ4n) is 3.30. The van der Waals surface area contributed by atoms with E-state index in [0.717, 1.165) is 63.4 Å². The van der Waals surface area contributed by atoms with Gasteiger partial charge in [0.15, 0.2) is 0 Å². The van der Waals surface area contributed by atoms with Crippen molar-refractivity contribution in [2.45, 2.75) is 51.4 Å². The number of esters is 1. The number of hydrogen-bond donors (Lipinski definition) is 0. The minimum Gasteiger partial charge on any atom is -0.494 e. The molecule has 0 heterocycles. The summed E-state index contributed by atoms with van der Waals surface area (Å²) in [6.07, 6.45) is 9.71. The van der Waals surface area contributed by atoms with Gasteiger partial charge >= 0.3 is 5.97 Å². The van der Waals surface area contributed by atoms with E-state index in [1.807, 2.05) is 12.1 Å². The molecule has 0 unspecified atom stereocenters. The minimum atomic E-state index is -0.205. The second-order valence-electron chi connectivity index (χ2n) is 7.42. The van der Waals surface area contributed by atoms with Crippen molar-refractivity contribution in [2.75, 3.05) is 13.2 Å².